The summed E-state index contributed by atoms with van der Waals surface area (Å²) in [5.41, 5.74) is 0. The van der Waals surface area contributed by atoms with E-state index in [1.165, 1.54) is 6.42 Å². The van der Waals surface area contributed by atoms with E-state index in [9.17, 15) is 4.79 Å². The van der Waals surface area contributed by atoms with Gasteiger partial charge in [-0.3, -0.25) is 0 Å². The van der Waals surface area contributed by atoms with Gasteiger partial charge in [0.05, 0.1) is 0 Å². The summed E-state index contributed by atoms with van der Waals surface area (Å²) in [5, 5.41) is 0. The molecule has 0 radical (unpaired) electrons. The van der Waals surface area contributed by atoms with Crippen LogP contribution in [-0.4, -0.2) is 6.29 Å². The van der Waals surface area contributed by atoms with Crippen LogP contribution in [0.25, 0.3) is 0 Å². The second-order valence-electron chi connectivity index (χ2n) is 3.17. The maximum Gasteiger partial charge on any atom is 0.123 e. The first kappa shape index (κ1) is 7.52. The molecule has 0 amide bonds. The van der Waals surface area contributed by atoms with Gasteiger partial charge in [0.15, 0.2) is 0 Å². The Morgan fingerprint density at radius 3 is 2.60 bits per heavy atom. The van der Waals surface area contributed by atoms with E-state index in [-0.39, 0.29) is 5.92 Å². The van der Waals surface area contributed by atoms with Gasteiger partial charge in [-0.05, 0) is 24.7 Å². The lowest BCUT2D eigenvalue weighted by Gasteiger charge is -2.11. The fraction of sp³-hybridized carbons (Fsp3) is 0.667. The molecule has 0 aromatic heterocycles. The molecule has 0 unspecified atom stereocenters. The van der Waals surface area contributed by atoms with E-state index in [4.69, 9.17) is 0 Å². The summed E-state index contributed by atoms with van der Waals surface area (Å²) in [6.45, 7) is 5.86. The van der Waals surface area contributed by atoms with Crippen LogP contribution in [0.4, 0.5) is 0 Å². The molecular formula is C9H14O. The summed E-state index contributed by atoms with van der Waals surface area (Å²) in [7, 11) is 0. The van der Waals surface area contributed by atoms with Crippen molar-refractivity contribution in [1.82, 2.24) is 0 Å². The molecule has 0 aromatic rings. The fourth-order valence-corrected chi connectivity index (χ4v) is 1.77. The number of carbonyl (C=O) groups excluding carboxylic acids is 1. The molecular weight excluding hydrogens is 124 g/mol. The molecule has 1 heteroatoms. The van der Waals surface area contributed by atoms with Crippen molar-refractivity contribution in [2.24, 2.45) is 17.8 Å². The molecule has 10 heavy (non-hydrogen) atoms. The lowest BCUT2D eigenvalue weighted by molar-refractivity contribution is -0.112. The van der Waals surface area contributed by atoms with Crippen LogP contribution in [0.2, 0.25) is 0 Å². The van der Waals surface area contributed by atoms with Gasteiger partial charge in [-0.15, -0.1) is 6.58 Å². The number of rotatable bonds is 2. The Bertz CT molecular complexity index is 140. The zero-order chi connectivity index (χ0) is 7.56. The second kappa shape index (κ2) is 3.00. The van der Waals surface area contributed by atoms with E-state index in [1.54, 1.807) is 0 Å². The van der Waals surface area contributed by atoms with Crippen LogP contribution in [0.1, 0.15) is 19.8 Å². The number of allylic oxidation sites excluding steroid dienone is 1. The monoisotopic (exact) mass is 138 g/mol. The number of hydrogen-bond donors (Lipinski definition) is 0. The third-order valence-electron chi connectivity index (χ3n) is 2.57. The van der Waals surface area contributed by atoms with Gasteiger partial charge in [-0.1, -0.05) is 13.0 Å². The molecule has 1 aliphatic rings. The average molecular weight is 138 g/mol. The van der Waals surface area contributed by atoms with Gasteiger partial charge in [0, 0.05) is 5.92 Å². The normalized spacial score (nSPS) is 39.5. The molecule has 1 nitrogen and oxygen atoms in total. The molecule has 1 aliphatic carbocycles. The molecule has 3 atom stereocenters. The van der Waals surface area contributed by atoms with Crippen LogP contribution < -0.4 is 0 Å². The summed E-state index contributed by atoms with van der Waals surface area (Å²) < 4.78 is 0. The molecule has 1 rings (SSSR count). The first-order chi connectivity index (χ1) is 4.79. The minimum Gasteiger partial charge on any atom is -0.303 e. The Labute approximate surface area is 62.1 Å². The standard InChI is InChI=1S/C9H14O/c1-3-8-5-4-7(2)9(8)6-10/h3,6-9H,1,4-5H2,2H3/t7-,8+,9+/m0/s1. The molecule has 0 aliphatic heterocycles. The van der Waals surface area contributed by atoms with Crippen LogP contribution >= 0.6 is 0 Å². The molecule has 0 bridgehead atoms. The molecule has 1 saturated carbocycles. The average Bonchev–Trinajstić information content (AvgIpc) is 2.30. The van der Waals surface area contributed by atoms with Crippen molar-refractivity contribution in [3.05, 3.63) is 12.7 Å². The van der Waals surface area contributed by atoms with Crippen molar-refractivity contribution in [2.75, 3.05) is 0 Å². The summed E-state index contributed by atoms with van der Waals surface area (Å²) in [6, 6.07) is 0. The predicted octanol–water partition coefficient (Wildman–Crippen LogP) is 2.03. The Kier molecular flexibility index (Phi) is 2.25. The minimum atomic E-state index is 0.248. The fourth-order valence-electron chi connectivity index (χ4n) is 1.77. The van der Waals surface area contributed by atoms with E-state index in [0.29, 0.717) is 11.8 Å². The Morgan fingerprint density at radius 2 is 2.20 bits per heavy atom. The highest BCUT2D eigenvalue weighted by atomic mass is 16.1. The van der Waals surface area contributed by atoms with E-state index in [2.05, 4.69) is 13.5 Å². The quantitative estimate of drug-likeness (QED) is 0.421. The first-order valence-corrected chi connectivity index (χ1v) is 3.87. The molecule has 0 aromatic carbocycles. The highest BCUT2D eigenvalue weighted by Crippen LogP contribution is 2.35. The van der Waals surface area contributed by atoms with Gasteiger partial charge >= 0.3 is 0 Å². The maximum absolute atomic E-state index is 10.5. The second-order valence-corrected chi connectivity index (χ2v) is 3.17. The number of hydrogen-bond acceptors (Lipinski definition) is 1. The highest BCUT2D eigenvalue weighted by molar-refractivity contribution is 5.55. The first-order valence-electron chi connectivity index (χ1n) is 3.87. The van der Waals surface area contributed by atoms with Crippen LogP contribution in [0.5, 0.6) is 0 Å². The molecule has 0 spiro atoms. The van der Waals surface area contributed by atoms with Crippen LogP contribution in [-0.2, 0) is 4.79 Å². The largest absolute Gasteiger partial charge is 0.303 e. The molecule has 0 heterocycles. The summed E-state index contributed by atoms with van der Waals surface area (Å²) in [4.78, 5) is 10.5. The van der Waals surface area contributed by atoms with Gasteiger partial charge in [-0.2, -0.15) is 0 Å². The predicted molar refractivity (Wildman–Crippen MR) is 41.6 cm³/mol. The minimum absolute atomic E-state index is 0.248. The van der Waals surface area contributed by atoms with E-state index in [1.807, 2.05) is 6.08 Å². The SMILES string of the molecule is C=C[C@@H]1CC[C@H](C)[C@H]1C=O. The Hall–Kier alpha value is -0.590. The van der Waals surface area contributed by atoms with Gasteiger partial charge in [-0.25, -0.2) is 0 Å². The van der Waals surface area contributed by atoms with Crippen molar-refractivity contribution in [1.29, 1.82) is 0 Å². The third kappa shape index (κ3) is 1.13. The lowest BCUT2D eigenvalue weighted by Crippen LogP contribution is -2.12. The third-order valence-corrected chi connectivity index (χ3v) is 2.57. The summed E-state index contributed by atoms with van der Waals surface area (Å²) >= 11 is 0. The smallest absolute Gasteiger partial charge is 0.123 e. The van der Waals surface area contributed by atoms with Crippen molar-refractivity contribution >= 4 is 6.29 Å². The van der Waals surface area contributed by atoms with Crippen molar-refractivity contribution in [3.63, 3.8) is 0 Å². The van der Waals surface area contributed by atoms with Crippen molar-refractivity contribution in [3.8, 4) is 0 Å². The lowest BCUT2D eigenvalue weighted by atomic mass is 9.92. The van der Waals surface area contributed by atoms with Crippen LogP contribution in [0, 0.1) is 17.8 Å². The van der Waals surface area contributed by atoms with Gasteiger partial charge in [0.1, 0.15) is 6.29 Å². The van der Waals surface area contributed by atoms with Gasteiger partial charge < -0.3 is 4.79 Å². The van der Waals surface area contributed by atoms with Crippen molar-refractivity contribution in [2.45, 2.75) is 19.8 Å². The van der Waals surface area contributed by atoms with E-state index >= 15 is 0 Å². The summed E-state index contributed by atoms with van der Waals surface area (Å²) in [5.74, 6) is 1.27. The Morgan fingerprint density at radius 1 is 1.50 bits per heavy atom. The summed E-state index contributed by atoms with van der Waals surface area (Å²) in [6.07, 6.45) is 5.33. The van der Waals surface area contributed by atoms with Crippen molar-refractivity contribution < 1.29 is 4.79 Å². The van der Waals surface area contributed by atoms with Crippen LogP contribution in [0.15, 0.2) is 12.7 Å². The molecule has 0 saturated heterocycles. The maximum atomic E-state index is 10.5. The zero-order valence-electron chi connectivity index (χ0n) is 6.42. The van der Waals surface area contributed by atoms with Crippen LogP contribution in [0.3, 0.4) is 0 Å². The number of carbonyl (C=O) groups is 1. The topological polar surface area (TPSA) is 17.1 Å². The Balaban J connectivity index is 2.61. The zero-order valence-corrected chi connectivity index (χ0v) is 6.42. The molecule has 0 N–H and O–H groups in total. The molecule has 1 fully saturated rings. The molecule has 56 valence electrons. The number of aldehydes is 1. The van der Waals surface area contributed by atoms with Gasteiger partial charge in [0.25, 0.3) is 0 Å². The van der Waals surface area contributed by atoms with E-state index in [0.717, 1.165) is 12.7 Å². The highest BCUT2D eigenvalue weighted by Gasteiger charge is 2.30. The van der Waals surface area contributed by atoms with E-state index < -0.39 is 0 Å². The van der Waals surface area contributed by atoms with Gasteiger partial charge in [0.2, 0.25) is 0 Å².